The van der Waals surface area contributed by atoms with E-state index in [9.17, 15) is 4.79 Å². The Morgan fingerprint density at radius 1 is 1.32 bits per heavy atom. The van der Waals surface area contributed by atoms with Gasteiger partial charge in [-0.3, -0.25) is 4.79 Å². The predicted molar refractivity (Wildman–Crippen MR) is 82.7 cm³/mol. The summed E-state index contributed by atoms with van der Waals surface area (Å²) in [5, 5.41) is 3.42. The Labute approximate surface area is 124 Å². The maximum Gasteiger partial charge on any atom is 0.256 e. The lowest BCUT2D eigenvalue weighted by atomic mass is 10.1. The lowest BCUT2D eigenvalue weighted by Crippen LogP contribution is -2.14. The molecule has 1 amide bonds. The Morgan fingerprint density at radius 2 is 2.05 bits per heavy atom. The van der Waals surface area contributed by atoms with Crippen molar-refractivity contribution < 1.29 is 4.79 Å². The van der Waals surface area contributed by atoms with Crippen molar-refractivity contribution in [3.63, 3.8) is 0 Å². The van der Waals surface area contributed by atoms with Gasteiger partial charge in [0.1, 0.15) is 0 Å². The summed E-state index contributed by atoms with van der Waals surface area (Å²) in [7, 11) is 0. The molecule has 2 rings (SSSR count). The Bertz CT molecular complexity index is 643. The maximum atomic E-state index is 12.2. The van der Waals surface area contributed by atoms with Crippen LogP contribution in [0.25, 0.3) is 0 Å². The molecule has 0 aliphatic heterocycles. The van der Waals surface area contributed by atoms with E-state index < -0.39 is 0 Å². The van der Waals surface area contributed by atoms with Gasteiger partial charge in [-0.15, -0.1) is 0 Å². The number of benzene rings is 2. The van der Waals surface area contributed by atoms with Gasteiger partial charge in [0.05, 0.1) is 5.69 Å². The highest BCUT2D eigenvalue weighted by Crippen LogP contribution is 2.27. The molecule has 0 saturated heterocycles. The Hall–Kier alpha value is -1.52. The lowest BCUT2D eigenvalue weighted by Gasteiger charge is -2.10. The van der Waals surface area contributed by atoms with E-state index in [0.717, 1.165) is 10.0 Å². The molecular weight excluding hydrogens is 328 g/mol. The summed E-state index contributed by atoms with van der Waals surface area (Å²) >= 11 is 9.21. The lowest BCUT2D eigenvalue weighted by molar-refractivity contribution is 0.102. The number of hydrogen-bond acceptors (Lipinski definition) is 2. The smallest absolute Gasteiger partial charge is 0.256 e. The van der Waals surface area contributed by atoms with Gasteiger partial charge in [0.15, 0.2) is 0 Å². The molecule has 3 N–H and O–H groups in total. The van der Waals surface area contributed by atoms with Crippen LogP contribution in [0.3, 0.4) is 0 Å². The standard InChI is InChI=1S/C14H12BrClN2O/c1-8-10(3-2-4-12(8)17)14(19)18-13-6-5-9(16)7-11(13)15/h2-7H,17H2,1H3,(H,18,19). The zero-order chi connectivity index (χ0) is 14.0. The third-order valence-corrected chi connectivity index (χ3v) is 3.69. The number of nitrogens with one attached hydrogen (secondary N) is 1. The van der Waals surface area contributed by atoms with E-state index in [1.165, 1.54) is 0 Å². The first-order valence-electron chi connectivity index (χ1n) is 5.60. The number of halogens is 2. The molecule has 0 aromatic heterocycles. The largest absolute Gasteiger partial charge is 0.398 e. The SMILES string of the molecule is Cc1c(N)cccc1C(=O)Nc1ccc(Cl)cc1Br. The zero-order valence-electron chi connectivity index (χ0n) is 10.2. The first kappa shape index (κ1) is 13.9. The topological polar surface area (TPSA) is 55.1 Å². The third-order valence-electron chi connectivity index (χ3n) is 2.80. The van der Waals surface area contributed by atoms with Crippen molar-refractivity contribution in [2.75, 3.05) is 11.1 Å². The van der Waals surface area contributed by atoms with Gasteiger partial charge in [-0.1, -0.05) is 17.7 Å². The minimum atomic E-state index is -0.201. The summed E-state index contributed by atoms with van der Waals surface area (Å²) in [5.41, 5.74) is 8.38. The molecule has 0 fully saturated rings. The summed E-state index contributed by atoms with van der Waals surface area (Å²) in [5.74, 6) is -0.201. The fourth-order valence-corrected chi connectivity index (χ4v) is 2.46. The van der Waals surface area contributed by atoms with Crippen molar-refractivity contribution in [1.82, 2.24) is 0 Å². The molecule has 98 valence electrons. The number of nitrogens with two attached hydrogens (primary N) is 1. The van der Waals surface area contributed by atoms with Gasteiger partial charge in [0, 0.05) is 20.7 Å². The minimum Gasteiger partial charge on any atom is -0.398 e. The molecule has 0 bridgehead atoms. The number of amides is 1. The summed E-state index contributed by atoms with van der Waals surface area (Å²) in [6.45, 7) is 1.82. The summed E-state index contributed by atoms with van der Waals surface area (Å²) < 4.78 is 0.731. The molecule has 2 aromatic carbocycles. The Balaban J connectivity index is 2.28. The maximum absolute atomic E-state index is 12.2. The molecule has 5 heteroatoms. The zero-order valence-corrected chi connectivity index (χ0v) is 12.5. The second-order valence-corrected chi connectivity index (χ2v) is 5.39. The molecular formula is C14H12BrClN2O. The average molecular weight is 340 g/mol. The molecule has 0 saturated carbocycles. The first-order valence-corrected chi connectivity index (χ1v) is 6.77. The van der Waals surface area contributed by atoms with E-state index >= 15 is 0 Å². The van der Waals surface area contributed by atoms with Gasteiger partial charge in [-0.2, -0.15) is 0 Å². The summed E-state index contributed by atoms with van der Waals surface area (Å²) in [6, 6.07) is 10.5. The van der Waals surface area contributed by atoms with E-state index in [-0.39, 0.29) is 5.91 Å². The number of carbonyl (C=O) groups excluding carboxylic acids is 1. The molecule has 0 aliphatic rings. The van der Waals surface area contributed by atoms with E-state index in [2.05, 4.69) is 21.2 Å². The van der Waals surface area contributed by atoms with E-state index in [1.807, 2.05) is 6.92 Å². The molecule has 0 heterocycles. The highest BCUT2D eigenvalue weighted by atomic mass is 79.9. The third kappa shape index (κ3) is 3.08. The minimum absolute atomic E-state index is 0.201. The fourth-order valence-electron chi connectivity index (χ4n) is 1.68. The van der Waals surface area contributed by atoms with Crippen molar-refractivity contribution in [2.45, 2.75) is 6.92 Å². The predicted octanol–water partition coefficient (Wildman–Crippen LogP) is 4.25. The quantitative estimate of drug-likeness (QED) is 0.804. The van der Waals surface area contributed by atoms with Crippen LogP contribution in [-0.4, -0.2) is 5.91 Å². The summed E-state index contributed by atoms with van der Waals surface area (Å²) in [4.78, 5) is 12.2. The molecule has 0 spiro atoms. The van der Waals surface area contributed by atoms with E-state index in [0.29, 0.717) is 22.0 Å². The molecule has 0 atom stereocenters. The summed E-state index contributed by atoms with van der Waals surface area (Å²) in [6.07, 6.45) is 0. The molecule has 0 radical (unpaired) electrons. The van der Waals surface area contributed by atoms with Gasteiger partial charge in [0.2, 0.25) is 0 Å². The second kappa shape index (κ2) is 5.63. The van der Waals surface area contributed by atoms with Gasteiger partial charge >= 0.3 is 0 Å². The van der Waals surface area contributed by atoms with Gasteiger partial charge in [-0.25, -0.2) is 0 Å². The van der Waals surface area contributed by atoms with Crippen LogP contribution in [0.4, 0.5) is 11.4 Å². The molecule has 19 heavy (non-hydrogen) atoms. The molecule has 0 aliphatic carbocycles. The number of rotatable bonds is 2. The molecule has 3 nitrogen and oxygen atoms in total. The van der Waals surface area contributed by atoms with Gasteiger partial charge in [-0.05, 0) is 58.7 Å². The van der Waals surface area contributed by atoms with Crippen molar-refractivity contribution in [3.8, 4) is 0 Å². The van der Waals surface area contributed by atoms with Gasteiger partial charge < -0.3 is 11.1 Å². The van der Waals surface area contributed by atoms with E-state index in [4.69, 9.17) is 17.3 Å². The second-order valence-electron chi connectivity index (χ2n) is 4.10. The average Bonchev–Trinajstić information content (AvgIpc) is 2.36. The highest BCUT2D eigenvalue weighted by molar-refractivity contribution is 9.10. The number of hydrogen-bond donors (Lipinski definition) is 2. The van der Waals surface area contributed by atoms with Crippen LogP contribution < -0.4 is 11.1 Å². The number of nitrogen functional groups attached to an aromatic ring is 1. The van der Waals surface area contributed by atoms with Crippen LogP contribution in [0.5, 0.6) is 0 Å². The monoisotopic (exact) mass is 338 g/mol. The van der Waals surface area contributed by atoms with Crippen molar-refractivity contribution >= 4 is 44.8 Å². The Kier molecular flexibility index (Phi) is 4.12. The Morgan fingerprint density at radius 3 is 2.74 bits per heavy atom. The first-order chi connectivity index (χ1) is 8.99. The van der Waals surface area contributed by atoms with Gasteiger partial charge in [0.25, 0.3) is 5.91 Å². The molecule has 0 unspecified atom stereocenters. The van der Waals surface area contributed by atoms with Crippen LogP contribution in [-0.2, 0) is 0 Å². The van der Waals surface area contributed by atoms with Crippen LogP contribution in [0.15, 0.2) is 40.9 Å². The van der Waals surface area contributed by atoms with Crippen molar-refractivity contribution in [3.05, 3.63) is 57.0 Å². The number of carbonyl (C=O) groups is 1. The fraction of sp³-hybridized carbons (Fsp3) is 0.0714. The van der Waals surface area contributed by atoms with Crippen molar-refractivity contribution in [2.24, 2.45) is 0 Å². The normalized spacial score (nSPS) is 10.3. The van der Waals surface area contributed by atoms with Crippen LogP contribution in [0.1, 0.15) is 15.9 Å². The van der Waals surface area contributed by atoms with Crippen LogP contribution in [0, 0.1) is 6.92 Å². The van der Waals surface area contributed by atoms with E-state index in [1.54, 1.807) is 36.4 Å². The molecule has 2 aromatic rings. The van der Waals surface area contributed by atoms with Crippen LogP contribution >= 0.6 is 27.5 Å². The number of anilines is 2. The highest BCUT2D eigenvalue weighted by Gasteiger charge is 2.12. The van der Waals surface area contributed by atoms with Crippen molar-refractivity contribution in [1.29, 1.82) is 0 Å². The van der Waals surface area contributed by atoms with Crippen LogP contribution in [0.2, 0.25) is 5.02 Å².